The number of rotatable bonds is 7. The summed E-state index contributed by atoms with van der Waals surface area (Å²) >= 11 is 6.65. The molecule has 2 aromatic carbocycles. The number of fused-ring (bicyclic) bond motifs is 1. The van der Waals surface area contributed by atoms with Gasteiger partial charge in [0.25, 0.3) is 0 Å². The quantitative estimate of drug-likeness (QED) is 0.332. The number of pyridine rings is 1. The summed E-state index contributed by atoms with van der Waals surface area (Å²) in [6, 6.07) is 10.6. The highest BCUT2D eigenvalue weighted by atomic mass is 35.5. The summed E-state index contributed by atoms with van der Waals surface area (Å²) in [5.74, 6) is -0.390. The SMILES string of the molecule is [2H][C@](Nc1cc(Cl)c2ncc(C#N)c(NC3CCC3)c2c1)(c1ccc(F)cc1)c1cn(C2CC2)nn1. The van der Waals surface area contributed by atoms with E-state index in [-0.39, 0.29) is 0 Å². The summed E-state index contributed by atoms with van der Waals surface area (Å²) in [4.78, 5) is 4.42. The van der Waals surface area contributed by atoms with E-state index in [4.69, 9.17) is 11.6 Å². The van der Waals surface area contributed by atoms with Crippen molar-refractivity contribution in [2.24, 2.45) is 0 Å². The maximum atomic E-state index is 13.7. The molecule has 2 N–H and O–H groups in total. The lowest BCUT2D eigenvalue weighted by atomic mass is 9.92. The number of nitrogens with zero attached hydrogens (tertiary/aromatic N) is 5. The van der Waals surface area contributed by atoms with Gasteiger partial charge in [-0.2, -0.15) is 5.26 Å². The molecule has 0 amide bonds. The first-order valence-electron chi connectivity index (χ1n) is 12.2. The highest BCUT2D eigenvalue weighted by molar-refractivity contribution is 6.35. The van der Waals surface area contributed by atoms with Crippen LogP contribution in [0.4, 0.5) is 15.8 Å². The minimum Gasteiger partial charge on any atom is -0.381 e. The Kier molecular flexibility index (Phi) is 5.21. The average molecular weight is 489 g/mol. The Morgan fingerprint density at radius 1 is 1.20 bits per heavy atom. The molecule has 0 bridgehead atoms. The number of aromatic nitrogens is 4. The molecule has 35 heavy (non-hydrogen) atoms. The third-order valence-corrected chi connectivity index (χ3v) is 6.88. The first kappa shape index (κ1) is 20.7. The second-order valence-electron chi connectivity index (χ2n) is 9.11. The summed E-state index contributed by atoms with van der Waals surface area (Å²) in [5, 5.41) is 26.1. The lowest BCUT2D eigenvalue weighted by Crippen LogP contribution is -2.27. The second kappa shape index (κ2) is 8.82. The van der Waals surface area contributed by atoms with E-state index in [2.05, 4.69) is 32.0 Å². The minimum atomic E-state index is -1.57. The van der Waals surface area contributed by atoms with E-state index in [1.165, 1.54) is 18.3 Å². The predicted octanol–water partition coefficient (Wildman–Crippen LogP) is 5.99. The molecular weight excluding hydrogens is 465 g/mol. The van der Waals surface area contributed by atoms with Crippen LogP contribution in [0.1, 0.15) is 62.4 Å². The molecule has 0 unspecified atom stereocenters. The minimum absolute atomic E-state index is 0.296. The van der Waals surface area contributed by atoms with E-state index < -0.39 is 11.8 Å². The largest absolute Gasteiger partial charge is 0.381 e. The molecular formula is C26H23ClFN7. The Bertz CT molecular complexity index is 1490. The van der Waals surface area contributed by atoms with Crippen LogP contribution in [0.2, 0.25) is 5.02 Å². The summed E-state index contributed by atoms with van der Waals surface area (Å²) in [6.45, 7) is 0. The molecule has 1 atom stereocenters. The third kappa shape index (κ3) is 4.28. The molecule has 176 valence electrons. The summed E-state index contributed by atoms with van der Waals surface area (Å²) in [7, 11) is 0. The number of nitriles is 1. The number of anilines is 2. The molecule has 2 aliphatic carbocycles. The summed E-state index contributed by atoms with van der Waals surface area (Å²) in [5.41, 5.74) is 3.12. The second-order valence-corrected chi connectivity index (χ2v) is 9.51. The van der Waals surface area contributed by atoms with Gasteiger partial charge in [0.05, 0.1) is 41.4 Å². The Labute approximate surface area is 208 Å². The van der Waals surface area contributed by atoms with Gasteiger partial charge in [0.15, 0.2) is 0 Å². The molecule has 0 spiro atoms. The average Bonchev–Trinajstić information content (AvgIpc) is 3.57. The van der Waals surface area contributed by atoms with Crippen LogP contribution in [0.3, 0.4) is 0 Å². The third-order valence-electron chi connectivity index (χ3n) is 6.59. The number of halogens is 2. The van der Waals surface area contributed by atoms with Crippen molar-refractivity contribution in [3.63, 3.8) is 0 Å². The number of hydrogen-bond acceptors (Lipinski definition) is 6. The fourth-order valence-corrected chi connectivity index (χ4v) is 4.55. The molecule has 4 aromatic rings. The van der Waals surface area contributed by atoms with Gasteiger partial charge in [-0.15, -0.1) is 5.10 Å². The van der Waals surface area contributed by atoms with E-state index >= 15 is 0 Å². The van der Waals surface area contributed by atoms with Crippen LogP contribution in [0.15, 0.2) is 48.8 Å². The maximum absolute atomic E-state index is 13.7. The van der Waals surface area contributed by atoms with Gasteiger partial charge in [-0.25, -0.2) is 9.07 Å². The van der Waals surface area contributed by atoms with Gasteiger partial charge in [-0.1, -0.05) is 28.9 Å². The summed E-state index contributed by atoms with van der Waals surface area (Å²) in [6.07, 6.45) is 8.59. The fraction of sp³-hybridized carbons (Fsp3) is 0.308. The first-order chi connectivity index (χ1) is 17.4. The number of benzene rings is 2. The molecule has 2 aliphatic rings. The number of hydrogen-bond donors (Lipinski definition) is 2. The van der Waals surface area contributed by atoms with Gasteiger partial charge in [-0.3, -0.25) is 4.98 Å². The molecule has 0 radical (unpaired) electrons. The van der Waals surface area contributed by atoms with E-state index in [9.17, 15) is 11.0 Å². The van der Waals surface area contributed by atoms with Crippen LogP contribution in [-0.4, -0.2) is 26.0 Å². The van der Waals surface area contributed by atoms with E-state index in [0.717, 1.165) is 32.1 Å². The Morgan fingerprint density at radius 3 is 2.69 bits per heavy atom. The van der Waals surface area contributed by atoms with Gasteiger partial charge < -0.3 is 10.6 Å². The van der Waals surface area contributed by atoms with Crippen molar-refractivity contribution in [3.05, 3.63) is 76.5 Å². The van der Waals surface area contributed by atoms with Crippen LogP contribution in [0.5, 0.6) is 0 Å². The zero-order valence-electron chi connectivity index (χ0n) is 19.8. The molecule has 2 aromatic heterocycles. The van der Waals surface area contributed by atoms with E-state index in [1.807, 2.05) is 6.07 Å². The van der Waals surface area contributed by atoms with Gasteiger partial charge in [0.1, 0.15) is 17.6 Å². The highest BCUT2D eigenvalue weighted by Crippen LogP contribution is 2.38. The monoisotopic (exact) mass is 488 g/mol. The first-order valence-corrected chi connectivity index (χ1v) is 12.1. The zero-order chi connectivity index (χ0) is 24.9. The van der Waals surface area contributed by atoms with Crippen molar-refractivity contribution in [2.45, 2.75) is 50.2 Å². The lowest BCUT2D eigenvalue weighted by molar-refractivity contribution is 0.446. The van der Waals surface area contributed by atoms with Gasteiger partial charge >= 0.3 is 0 Å². The van der Waals surface area contributed by atoms with Gasteiger partial charge in [0.2, 0.25) is 0 Å². The van der Waals surface area contributed by atoms with Gasteiger partial charge in [-0.05, 0) is 61.9 Å². The predicted molar refractivity (Wildman–Crippen MR) is 133 cm³/mol. The van der Waals surface area contributed by atoms with Crippen molar-refractivity contribution >= 4 is 33.9 Å². The van der Waals surface area contributed by atoms with Crippen molar-refractivity contribution in [2.75, 3.05) is 10.6 Å². The molecule has 7 nitrogen and oxygen atoms in total. The van der Waals surface area contributed by atoms with Crippen molar-refractivity contribution in [1.82, 2.24) is 20.0 Å². The summed E-state index contributed by atoms with van der Waals surface area (Å²) < 4.78 is 25.0. The zero-order valence-corrected chi connectivity index (χ0v) is 19.6. The maximum Gasteiger partial charge on any atom is 0.123 e. The molecule has 6 rings (SSSR count). The van der Waals surface area contributed by atoms with Crippen molar-refractivity contribution < 1.29 is 5.76 Å². The highest BCUT2D eigenvalue weighted by Gasteiger charge is 2.27. The molecule has 0 aliphatic heterocycles. The fourth-order valence-electron chi connectivity index (χ4n) is 4.28. The van der Waals surface area contributed by atoms with Crippen LogP contribution in [-0.2, 0) is 0 Å². The van der Waals surface area contributed by atoms with Crippen molar-refractivity contribution in [1.29, 1.82) is 5.26 Å². The molecule has 0 saturated heterocycles. The van der Waals surface area contributed by atoms with Crippen LogP contribution in [0, 0.1) is 17.1 Å². The smallest absolute Gasteiger partial charge is 0.123 e. The standard InChI is InChI=1S/C26H23ClFN7/c27-22-11-19(10-21-24(31-18-2-1-3-18)16(12-29)13-30-26(21)22)32-25(15-4-6-17(28)7-5-15)23-14-35(34-33-23)20-8-9-20/h4-7,10-11,13-14,18,20,25,32H,1-3,8-9H2,(H,30,31)/t25-/m0/s1/i25D. The topological polar surface area (TPSA) is 91.5 Å². The molecule has 2 saturated carbocycles. The molecule has 2 fully saturated rings. The molecule has 9 heteroatoms. The van der Waals surface area contributed by atoms with Crippen LogP contribution < -0.4 is 10.6 Å². The Hall–Kier alpha value is -3.70. The van der Waals surface area contributed by atoms with E-state index in [0.29, 0.717) is 56.2 Å². The Morgan fingerprint density at radius 2 is 2.00 bits per heavy atom. The number of nitrogens with one attached hydrogen (secondary N) is 2. The Balaban J connectivity index is 1.46. The van der Waals surface area contributed by atoms with Crippen molar-refractivity contribution in [3.8, 4) is 6.07 Å². The lowest BCUT2D eigenvalue weighted by Gasteiger charge is -2.28. The van der Waals surface area contributed by atoms with Crippen LogP contribution in [0.25, 0.3) is 10.9 Å². The normalized spacial score (nSPS) is 17.8. The van der Waals surface area contributed by atoms with Crippen LogP contribution >= 0.6 is 11.6 Å². The van der Waals surface area contributed by atoms with E-state index in [1.54, 1.807) is 29.1 Å². The van der Waals surface area contributed by atoms with Gasteiger partial charge in [0, 0.05) is 23.3 Å². The molecule has 2 heterocycles.